The molecule has 0 amide bonds. The lowest BCUT2D eigenvalue weighted by Gasteiger charge is -2.17. The lowest BCUT2D eigenvalue weighted by atomic mass is 9.92. The molecule has 0 fully saturated rings. The summed E-state index contributed by atoms with van der Waals surface area (Å²) in [6.45, 7) is 2.96. The molecule has 0 aliphatic rings. The molecule has 0 aromatic heterocycles. The number of hydrogen-bond acceptors (Lipinski definition) is 1. The summed E-state index contributed by atoms with van der Waals surface area (Å²) in [7, 11) is 1.94. The molecule has 0 spiro atoms. The van der Waals surface area contributed by atoms with Gasteiger partial charge in [-0.3, -0.25) is 0 Å². The second-order valence-electron chi connectivity index (χ2n) is 5.55. The van der Waals surface area contributed by atoms with Gasteiger partial charge in [0, 0.05) is 4.47 Å². The highest BCUT2D eigenvalue weighted by Gasteiger charge is 2.13. The van der Waals surface area contributed by atoms with E-state index in [1.54, 1.807) is 6.07 Å². The molecule has 0 bridgehead atoms. The maximum absolute atomic E-state index is 13.9. The maximum Gasteiger partial charge on any atom is 0.126 e. The van der Waals surface area contributed by atoms with Crippen molar-refractivity contribution in [2.45, 2.75) is 19.8 Å². The first kappa shape index (κ1) is 16.2. The van der Waals surface area contributed by atoms with Crippen LogP contribution in [0.3, 0.4) is 0 Å². The van der Waals surface area contributed by atoms with E-state index in [0.29, 0.717) is 5.92 Å². The van der Waals surface area contributed by atoms with Crippen molar-refractivity contribution >= 4 is 15.9 Å². The highest BCUT2D eigenvalue weighted by Crippen LogP contribution is 2.21. The van der Waals surface area contributed by atoms with E-state index < -0.39 is 0 Å². The normalized spacial score (nSPS) is 12.4. The Labute approximate surface area is 134 Å². The summed E-state index contributed by atoms with van der Waals surface area (Å²) < 4.78 is 14.8. The molecular formula is C18H21BrFN. The minimum Gasteiger partial charge on any atom is -0.319 e. The Kier molecular flexibility index (Phi) is 5.95. The quantitative estimate of drug-likeness (QED) is 0.808. The third-order valence-corrected chi connectivity index (χ3v) is 4.15. The largest absolute Gasteiger partial charge is 0.319 e. The van der Waals surface area contributed by atoms with Gasteiger partial charge in [0.25, 0.3) is 0 Å². The molecule has 0 saturated carbocycles. The van der Waals surface area contributed by atoms with Crippen molar-refractivity contribution in [1.82, 2.24) is 5.32 Å². The molecule has 2 aromatic carbocycles. The fourth-order valence-corrected chi connectivity index (χ4v) is 2.98. The summed E-state index contributed by atoms with van der Waals surface area (Å²) in [5.74, 6) is 0.254. The average Bonchev–Trinajstić information content (AvgIpc) is 2.45. The summed E-state index contributed by atoms with van der Waals surface area (Å²) in [6, 6.07) is 13.7. The number of nitrogens with one attached hydrogen (secondary N) is 1. The molecule has 2 aromatic rings. The van der Waals surface area contributed by atoms with Gasteiger partial charge in [0.1, 0.15) is 5.82 Å². The van der Waals surface area contributed by atoms with E-state index in [-0.39, 0.29) is 5.82 Å². The van der Waals surface area contributed by atoms with Crippen LogP contribution in [-0.2, 0) is 12.8 Å². The molecule has 0 radical (unpaired) electrons. The Morgan fingerprint density at radius 1 is 1.10 bits per heavy atom. The number of aryl methyl sites for hydroxylation is 1. The van der Waals surface area contributed by atoms with Crippen LogP contribution in [0.2, 0.25) is 0 Å². The van der Waals surface area contributed by atoms with Crippen molar-refractivity contribution in [2.24, 2.45) is 5.92 Å². The van der Waals surface area contributed by atoms with E-state index in [9.17, 15) is 4.39 Å². The second kappa shape index (κ2) is 7.71. The highest BCUT2D eigenvalue weighted by atomic mass is 79.9. The first-order valence-corrected chi connectivity index (χ1v) is 8.02. The Bertz CT molecular complexity index is 580. The number of benzene rings is 2. The summed E-state index contributed by atoms with van der Waals surface area (Å²) in [5, 5.41) is 3.22. The molecule has 1 atom stereocenters. The third-order valence-electron chi connectivity index (χ3n) is 3.65. The van der Waals surface area contributed by atoms with Gasteiger partial charge in [-0.15, -0.1) is 0 Å². The van der Waals surface area contributed by atoms with Crippen molar-refractivity contribution in [1.29, 1.82) is 0 Å². The van der Waals surface area contributed by atoms with E-state index >= 15 is 0 Å². The third kappa shape index (κ3) is 4.94. The molecule has 0 aliphatic carbocycles. The SMILES string of the molecule is CNCC(Cc1ccc(C)cc1)Cc1cc(Br)ccc1F. The van der Waals surface area contributed by atoms with E-state index in [1.807, 2.05) is 13.1 Å². The summed E-state index contributed by atoms with van der Waals surface area (Å²) >= 11 is 3.42. The van der Waals surface area contributed by atoms with Gasteiger partial charge in [-0.1, -0.05) is 45.8 Å². The van der Waals surface area contributed by atoms with E-state index in [1.165, 1.54) is 17.2 Å². The van der Waals surface area contributed by atoms with Crippen LogP contribution < -0.4 is 5.32 Å². The molecule has 3 heteroatoms. The van der Waals surface area contributed by atoms with E-state index in [0.717, 1.165) is 29.4 Å². The lowest BCUT2D eigenvalue weighted by molar-refractivity contribution is 0.479. The Morgan fingerprint density at radius 2 is 1.81 bits per heavy atom. The predicted molar refractivity (Wildman–Crippen MR) is 90.1 cm³/mol. The zero-order valence-electron chi connectivity index (χ0n) is 12.5. The average molecular weight is 350 g/mol. The van der Waals surface area contributed by atoms with Crippen LogP contribution in [0.1, 0.15) is 16.7 Å². The van der Waals surface area contributed by atoms with Gasteiger partial charge in [-0.05, 0) is 68.6 Å². The van der Waals surface area contributed by atoms with Gasteiger partial charge in [-0.25, -0.2) is 4.39 Å². The molecule has 21 heavy (non-hydrogen) atoms. The Morgan fingerprint density at radius 3 is 2.48 bits per heavy atom. The first-order valence-electron chi connectivity index (χ1n) is 7.22. The maximum atomic E-state index is 13.9. The Balaban J connectivity index is 2.11. The van der Waals surface area contributed by atoms with Crippen LogP contribution >= 0.6 is 15.9 Å². The van der Waals surface area contributed by atoms with Crippen molar-refractivity contribution in [3.05, 3.63) is 69.4 Å². The zero-order valence-corrected chi connectivity index (χ0v) is 14.1. The van der Waals surface area contributed by atoms with Crippen LogP contribution in [0, 0.1) is 18.7 Å². The van der Waals surface area contributed by atoms with Crippen LogP contribution in [0.25, 0.3) is 0 Å². The van der Waals surface area contributed by atoms with Gasteiger partial charge < -0.3 is 5.32 Å². The van der Waals surface area contributed by atoms with E-state index in [2.05, 4.69) is 52.4 Å². The van der Waals surface area contributed by atoms with Gasteiger partial charge in [0.15, 0.2) is 0 Å². The van der Waals surface area contributed by atoms with Gasteiger partial charge in [-0.2, -0.15) is 0 Å². The van der Waals surface area contributed by atoms with Crippen molar-refractivity contribution in [2.75, 3.05) is 13.6 Å². The summed E-state index contributed by atoms with van der Waals surface area (Å²) in [5.41, 5.74) is 3.34. The van der Waals surface area contributed by atoms with Gasteiger partial charge in [0.2, 0.25) is 0 Å². The molecule has 2 rings (SSSR count). The molecule has 1 nitrogen and oxygen atoms in total. The number of rotatable bonds is 6. The fraction of sp³-hybridized carbons (Fsp3) is 0.333. The molecule has 1 N–H and O–H groups in total. The smallest absolute Gasteiger partial charge is 0.126 e. The second-order valence-corrected chi connectivity index (χ2v) is 6.47. The standard InChI is InChI=1S/C18H21BrFN/c1-13-3-5-14(6-4-13)9-15(12-21-2)10-16-11-17(19)7-8-18(16)20/h3-8,11,15,21H,9-10,12H2,1-2H3. The minimum absolute atomic E-state index is 0.122. The molecule has 0 aliphatic heterocycles. The van der Waals surface area contributed by atoms with Crippen LogP contribution in [-0.4, -0.2) is 13.6 Å². The predicted octanol–water partition coefficient (Wildman–Crippen LogP) is 4.52. The first-order chi connectivity index (χ1) is 10.1. The summed E-state index contributed by atoms with van der Waals surface area (Å²) in [4.78, 5) is 0. The lowest BCUT2D eigenvalue weighted by Crippen LogP contribution is -2.23. The van der Waals surface area contributed by atoms with Crippen molar-refractivity contribution < 1.29 is 4.39 Å². The topological polar surface area (TPSA) is 12.0 Å². The summed E-state index contributed by atoms with van der Waals surface area (Å²) in [6.07, 6.45) is 1.69. The van der Waals surface area contributed by atoms with Crippen LogP contribution in [0.15, 0.2) is 46.9 Å². The molecule has 112 valence electrons. The molecule has 1 unspecified atom stereocenters. The van der Waals surface area contributed by atoms with Gasteiger partial charge in [0.05, 0.1) is 0 Å². The minimum atomic E-state index is -0.122. The monoisotopic (exact) mass is 349 g/mol. The Hall–Kier alpha value is -1.19. The molecule has 0 heterocycles. The van der Waals surface area contributed by atoms with Crippen LogP contribution in [0.5, 0.6) is 0 Å². The highest BCUT2D eigenvalue weighted by molar-refractivity contribution is 9.10. The van der Waals surface area contributed by atoms with E-state index in [4.69, 9.17) is 0 Å². The van der Waals surface area contributed by atoms with Gasteiger partial charge >= 0.3 is 0 Å². The van der Waals surface area contributed by atoms with Crippen molar-refractivity contribution in [3.63, 3.8) is 0 Å². The molecule has 0 saturated heterocycles. The number of hydrogen-bond donors (Lipinski definition) is 1. The number of halogens is 2. The van der Waals surface area contributed by atoms with Crippen LogP contribution in [0.4, 0.5) is 4.39 Å². The zero-order chi connectivity index (χ0) is 15.2. The molecular weight excluding hydrogens is 329 g/mol. The fourth-order valence-electron chi connectivity index (χ4n) is 2.57. The van der Waals surface area contributed by atoms with Crippen molar-refractivity contribution in [3.8, 4) is 0 Å².